The zero-order valence-corrected chi connectivity index (χ0v) is 8.97. The summed E-state index contributed by atoms with van der Waals surface area (Å²) < 4.78 is 0. The van der Waals surface area contributed by atoms with Gasteiger partial charge in [-0.25, -0.2) is 9.97 Å². The van der Waals surface area contributed by atoms with Crippen molar-refractivity contribution in [1.82, 2.24) is 9.97 Å². The van der Waals surface area contributed by atoms with Gasteiger partial charge in [0.05, 0.1) is 5.92 Å². The van der Waals surface area contributed by atoms with Crippen LogP contribution in [0.2, 0.25) is 0 Å². The van der Waals surface area contributed by atoms with Gasteiger partial charge in [-0.05, 0) is 25.3 Å². The van der Waals surface area contributed by atoms with Gasteiger partial charge < -0.3 is 10.4 Å². The molecule has 1 aliphatic carbocycles. The van der Waals surface area contributed by atoms with Crippen LogP contribution >= 0.6 is 0 Å². The maximum Gasteiger partial charge on any atom is 0.306 e. The molecule has 0 aromatic carbocycles. The van der Waals surface area contributed by atoms with Crippen molar-refractivity contribution in [2.75, 3.05) is 5.32 Å². The van der Waals surface area contributed by atoms with E-state index in [1.807, 2.05) is 0 Å². The highest BCUT2D eigenvalue weighted by atomic mass is 16.4. The lowest BCUT2D eigenvalue weighted by Gasteiger charge is -2.27. The number of nitrogens with zero attached hydrogens (tertiary/aromatic N) is 2. The fraction of sp³-hybridized carbons (Fsp3) is 0.545. The maximum atomic E-state index is 10.9. The van der Waals surface area contributed by atoms with Crippen molar-refractivity contribution in [3.63, 3.8) is 0 Å². The number of carbonyl (C=O) groups is 1. The summed E-state index contributed by atoms with van der Waals surface area (Å²) in [6.07, 6.45) is 6.72. The van der Waals surface area contributed by atoms with Crippen molar-refractivity contribution in [2.45, 2.75) is 31.7 Å². The molecule has 1 aromatic rings. The molecule has 86 valence electrons. The third-order valence-corrected chi connectivity index (χ3v) is 2.92. The first-order valence-corrected chi connectivity index (χ1v) is 5.52. The van der Waals surface area contributed by atoms with Gasteiger partial charge in [0.25, 0.3) is 0 Å². The summed E-state index contributed by atoms with van der Waals surface area (Å²) in [5.41, 5.74) is 0. The van der Waals surface area contributed by atoms with Crippen LogP contribution in [0.25, 0.3) is 0 Å². The average Bonchev–Trinajstić information content (AvgIpc) is 2.30. The fourth-order valence-corrected chi connectivity index (χ4v) is 2.10. The van der Waals surface area contributed by atoms with Gasteiger partial charge in [-0.15, -0.1) is 0 Å². The standard InChI is InChI=1S/C11H15N3O2/c15-10(16)8-3-1-4-9(7-8)14-11-12-5-2-6-13-11/h2,5-6,8-9H,1,3-4,7H2,(H,15,16)(H,12,13,14). The molecule has 2 N–H and O–H groups in total. The summed E-state index contributed by atoms with van der Waals surface area (Å²) >= 11 is 0. The number of carboxylic acid groups (broad SMARTS) is 1. The molecule has 1 saturated carbocycles. The van der Waals surface area contributed by atoms with Crippen molar-refractivity contribution < 1.29 is 9.90 Å². The number of hydrogen-bond acceptors (Lipinski definition) is 4. The summed E-state index contributed by atoms with van der Waals surface area (Å²) in [4.78, 5) is 19.0. The van der Waals surface area contributed by atoms with E-state index in [0.717, 1.165) is 19.3 Å². The van der Waals surface area contributed by atoms with Crippen LogP contribution in [0.3, 0.4) is 0 Å². The Morgan fingerprint density at radius 3 is 2.81 bits per heavy atom. The van der Waals surface area contributed by atoms with Gasteiger partial charge in [0.15, 0.2) is 0 Å². The number of nitrogens with one attached hydrogen (secondary N) is 1. The Kier molecular flexibility index (Phi) is 3.34. The first-order chi connectivity index (χ1) is 7.75. The lowest BCUT2D eigenvalue weighted by atomic mass is 9.86. The molecule has 2 unspecified atom stereocenters. The minimum Gasteiger partial charge on any atom is -0.481 e. The zero-order chi connectivity index (χ0) is 11.4. The largest absolute Gasteiger partial charge is 0.481 e. The van der Waals surface area contributed by atoms with E-state index in [-0.39, 0.29) is 12.0 Å². The molecule has 1 heterocycles. The van der Waals surface area contributed by atoms with Crippen molar-refractivity contribution in [2.24, 2.45) is 5.92 Å². The molecule has 2 atom stereocenters. The van der Waals surface area contributed by atoms with E-state index in [0.29, 0.717) is 12.4 Å². The van der Waals surface area contributed by atoms with E-state index in [2.05, 4.69) is 15.3 Å². The first-order valence-electron chi connectivity index (χ1n) is 5.52. The molecule has 1 fully saturated rings. The Morgan fingerprint density at radius 2 is 2.12 bits per heavy atom. The molecule has 0 radical (unpaired) electrons. The highest BCUT2D eigenvalue weighted by molar-refractivity contribution is 5.70. The molecule has 2 rings (SSSR count). The van der Waals surface area contributed by atoms with Crippen LogP contribution in [-0.4, -0.2) is 27.1 Å². The fourth-order valence-electron chi connectivity index (χ4n) is 2.10. The van der Waals surface area contributed by atoms with E-state index >= 15 is 0 Å². The van der Waals surface area contributed by atoms with Crippen LogP contribution in [0, 0.1) is 5.92 Å². The molecule has 0 spiro atoms. The molecule has 5 heteroatoms. The van der Waals surface area contributed by atoms with Gasteiger partial charge in [-0.1, -0.05) is 6.42 Å². The summed E-state index contributed by atoms with van der Waals surface area (Å²) in [6.45, 7) is 0. The Bertz CT molecular complexity index is 356. The van der Waals surface area contributed by atoms with E-state index < -0.39 is 5.97 Å². The second-order valence-electron chi connectivity index (χ2n) is 4.12. The lowest BCUT2D eigenvalue weighted by molar-refractivity contribution is -0.142. The quantitative estimate of drug-likeness (QED) is 0.809. The predicted molar refractivity (Wildman–Crippen MR) is 59.0 cm³/mol. The number of rotatable bonds is 3. The first kappa shape index (κ1) is 10.9. The summed E-state index contributed by atoms with van der Waals surface area (Å²) in [6, 6.07) is 1.93. The van der Waals surface area contributed by atoms with Crippen molar-refractivity contribution in [1.29, 1.82) is 0 Å². The number of anilines is 1. The molecule has 1 aromatic heterocycles. The van der Waals surface area contributed by atoms with Gasteiger partial charge in [0.2, 0.25) is 5.95 Å². The van der Waals surface area contributed by atoms with Gasteiger partial charge in [-0.2, -0.15) is 0 Å². The highest BCUT2D eigenvalue weighted by Crippen LogP contribution is 2.25. The van der Waals surface area contributed by atoms with Crippen molar-refractivity contribution >= 4 is 11.9 Å². The Balaban J connectivity index is 1.93. The molecule has 5 nitrogen and oxygen atoms in total. The maximum absolute atomic E-state index is 10.9. The van der Waals surface area contributed by atoms with Crippen LogP contribution < -0.4 is 5.32 Å². The second-order valence-corrected chi connectivity index (χ2v) is 4.12. The number of carboxylic acids is 1. The molecule has 0 bridgehead atoms. The summed E-state index contributed by atoms with van der Waals surface area (Å²) in [5, 5.41) is 12.1. The van der Waals surface area contributed by atoms with E-state index in [4.69, 9.17) is 5.11 Å². The predicted octanol–water partition coefficient (Wildman–Crippen LogP) is 1.53. The van der Waals surface area contributed by atoms with Gasteiger partial charge in [0, 0.05) is 18.4 Å². The Labute approximate surface area is 93.9 Å². The van der Waals surface area contributed by atoms with E-state index in [1.54, 1.807) is 18.5 Å². The minimum absolute atomic E-state index is 0.178. The second kappa shape index (κ2) is 4.92. The van der Waals surface area contributed by atoms with Gasteiger partial charge in [0.1, 0.15) is 0 Å². The average molecular weight is 221 g/mol. The van der Waals surface area contributed by atoms with Crippen molar-refractivity contribution in [3.05, 3.63) is 18.5 Å². The third kappa shape index (κ3) is 2.68. The molecular formula is C11H15N3O2. The molecular weight excluding hydrogens is 206 g/mol. The van der Waals surface area contributed by atoms with Crippen LogP contribution in [-0.2, 0) is 4.79 Å². The van der Waals surface area contributed by atoms with Crippen LogP contribution in [0.15, 0.2) is 18.5 Å². The molecule has 1 aliphatic rings. The number of aliphatic carboxylic acids is 1. The third-order valence-electron chi connectivity index (χ3n) is 2.92. The molecule has 0 aliphatic heterocycles. The summed E-state index contributed by atoms with van der Waals surface area (Å²) in [7, 11) is 0. The monoisotopic (exact) mass is 221 g/mol. The molecule has 0 amide bonds. The van der Waals surface area contributed by atoms with Crippen LogP contribution in [0.5, 0.6) is 0 Å². The lowest BCUT2D eigenvalue weighted by Crippen LogP contribution is -2.31. The molecule has 0 saturated heterocycles. The van der Waals surface area contributed by atoms with Crippen molar-refractivity contribution in [3.8, 4) is 0 Å². The van der Waals surface area contributed by atoms with E-state index in [1.165, 1.54) is 0 Å². The normalized spacial score (nSPS) is 25.0. The van der Waals surface area contributed by atoms with E-state index in [9.17, 15) is 4.79 Å². The highest BCUT2D eigenvalue weighted by Gasteiger charge is 2.27. The molecule has 16 heavy (non-hydrogen) atoms. The SMILES string of the molecule is O=C(O)C1CCCC(Nc2ncccn2)C1. The number of aromatic nitrogens is 2. The van der Waals surface area contributed by atoms with Gasteiger partial charge >= 0.3 is 5.97 Å². The minimum atomic E-state index is -0.694. The zero-order valence-electron chi connectivity index (χ0n) is 8.97. The Hall–Kier alpha value is -1.65. The Morgan fingerprint density at radius 1 is 1.38 bits per heavy atom. The van der Waals surface area contributed by atoms with Gasteiger partial charge in [-0.3, -0.25) is 4.79 Å². The van der Waals surface area contributed by atoms with Crippen LogP contribution in [0.1, 0.15) is 25.7 Å². The summed E-state index contributed by atoms with van der Waals surface area (Å²) in [5.74, 6) is -0.339. The topological polar surface area (TPSA) is 75.1 Å². The number of hydrogen-bond donors (Lipinski definition) is 2. The van der Waals surface area contributed by atoms with Crippen LogP contribution in [0.4, 0.5) is 5.95 Å². The smallest absolute Gasteiger partial charge is 0.306 e.